The zero-order valence-corrected chi connectivity index (χ0v) is 13.0. The Morgan fingerprint density at radius 3 is 2.35 bits per heavy atom. The predicted molar refractivity (Wildman–Crippen MR) is 76.3 cm³/mol. The first-order valence-electron chi connectivity index (χ1n) is 6.91. The van der Waals surface area contributed by atoms with E-state index in [9.17, 15) is 9.59 Å². The summed E-state index contributed by atoms with van der Waals surface area (Å²) in [6.45, 7) is 6.46. The minimum atomic E-state index is -0.545. The number of hydrogen-bond donors (Lipinski definition) is 0. The molecule has 1 fully saturated rings. The summed E-state index contributed by atoms with van der Waals surface area (Å²) in [5.74, 6) is -0.387. The molecule has 1 aliphatic heterocycles. The predicted octanol–water partition coefficient (Wildman–Crippen LogP) is 2.75. The lowest BCUT2D eigenvalue weighted by Crippen LogP contribution is -2.44. The van der Waals surface area contributed by atoms with Crippen LogP contribution in [0, 0.1) is 5.41 Å². The zero-order valence-electron chi connectivity index (χ0n) is 13.0. The maximum atomic E-state index is 11.9. The number of carbonyl (C=O) groups is 2. The average molecular weight is 283 g/mol. The van der Waals surface area contributed by atoms with E-state index in [0.29, 0.717) is 6.42 Å². The van der Waals surface area contributed by atoms with Gasteiger partial charge in [-0.3, -0.25) is 4.90 Å². The molecule has 0 aromatic heterocycles. The van der Waals surface area contributed by atoms with Crippen LogP contribution >= 0.6 is 0 Å². The third-order valence-corrected chi connectivity index (χ3v) is 3.38. The fraction of sp³-hybridized carbons (Fsp3) is 0.733. The fourth-order valence-electron chi connectivity index (χ4n) is 2.34. The Bertz CT molecular complexity index is 384. The number of methoxy groups -OCH3 is 2. The maximum absolute atomic E-state index is 11.9. The molecule has 114 valence electrons. The van der Waals surface area contributed by atoms with E-state index in [2.05, 4.69) is 26.8 Å². The van der Waals surface area contributed by atoms with E-state index in [-0.39, 0.29) is 17.4 Å². The van der Waals surface area contributed by atoms with E-state index in [1.54, 1.807) is 0 Å². The van der Waals surface area contributed by atoms with Crippen molar-refractivity contribution >= 4 is 12.1 Å². The van der Waals surface area contributed by atoms with Crippen LogP contribution < -0.4 is 0 Å². The van der Waals surface area contributed by atoms with E-state index in [4.69, 9.17) is 9.47 Å². The topological polar surface area (TPSA) is 55.8 Å². The Balaban J connectivity index is 2.80. The molecule has 2 unspecified atom stereocenters. The van der Waals surface area contributed by atoms with Crippen molar-refractivity contribution in [3.8, 4) is 0 Å². The number of amides is 1. The van der Waals surface area contributed by atoms with Crippen molar-refractivity contribution in [2.75, 3.05) is 14.2 Å². The van der Waals surface area contributed by atoms with E-state index in [1.807, 2.05) is 6.08 Å². The van der Waals surface area contributed by atoms with Crippen molar-refractivity contribution in [2.45, 2.75) is 52.1 Å². The quantitative estimate of drug-likeness (QED) is 0.590. The molecular formula is C15H25NO4. The van der Waals surface area contributed by atoms with Crippen LogP contribution in [-0.4, -0.2) is 43.3 Å². The van der Waals surface area contributed by atoms with E-state index in [0.717, 1.165) is 12.8 Å². The van der Waals surface area contributed by atoms with Gasteiger partial charge in [-0.05, 0) is 24.7 Å². The summed E-state index contributed by atoms with van der Waals surface area (Å²) in [4.78, 5) is 25.1. The van der Waals surface area contributed by atoms with Gasteiger partial charge in [-0.2, -0.15) is 0 Å². The van der Waals surface area contributed by atoms with Gasteiger partial charge in [0.1, 0.15) is 6.04 Å². The minimum absolute atomic E-state index is 0.103. The molecule has 0 bridgehead atoms. The van der Waals surface area contributed by atoms with Crippen LogP contribution in [0.25, 0.3) is 0 Å². The molecule has 0 aromatic rings. The van der Waals surface area contributed by atoms with Gasteiger partial charge in [0.25, 0.3) is 0 Å². The fourth-order valence-corrected chi connectivity index (χ4v) is 2.34. The van der Waals surface area contributed by atoms with Gasteiger partial charge < -0.3 is 9.47 Å². The Morgan fingerprint density at radius 1 is 1.20 bits per heavy atom. The molecule has 0 spiro atoms. The molecule has 1 heterocycles. The monoisotopic (exact) mass is 283 g/mol. The van der Waals surface area contributed by atoms with Gasteiger partial charge >= 0.3 is 12.1 Å². The van der Waals surface area contributed by atoms with Crippen LogP contribution in [0.1, 0.15) is 40.0 Å². The van der Waals surface area contributed by atoms with Crippen LogP contribution in [0.4, 0.5) is 4.79 Å². The highest BCUT2D eigenvalue weighted by atomic mass is 16.5. The van der Waals surface area contributed by atoms with Crippen molar-refractivity contribution in [2.24, 2.45) is 5.41 Å². The second kappa shape index (κ2) is 6.77. The van der Waals surface area contributed by atoms with Gasteiger partial charge in [0, 0.05) is 0 Å². The Hall–Kier alpha value is -1.52. The molecule has 5 nitrogen and oxygen atoms in total. The van der Waals surface area contributed by atoms with Gasteiger partial charge in [-0.15, -0.1) is 0 Å². The Kier molecular flexibility index (Phi) is 5.60. The number of rotatable bonds is 3. The highest BCUT2D eigenvalue weighted by Gasteiger charge is 2.41. The molecule has 0 N–H and O–H groups in total. The molecule has 5 heteroatoms. The van der Waals surface area contributed by atoms with Gasteiger partial charge in [0.2, 0.25) is 0 Å². The summed E-state index contributed by atoms with van der Waals surface area (Å²) in [6.07, 6.45) is 5.84. The number of ether oxygens (including phenoxy) is 2. The van der Waals surface area contributed by atoms with Gasteiger partial charge in [-0.1, -0.05) is 32.9 Å². The number of hydrogen-bond acceptors (Lipinski definition) is 4. The second-order valence-corrected chi connectivity index (χ2v) is 6.25. The standard InChI is InChI=1S/C15H25NO4/c1-15(2,3)10-6-7-11-8-9-12(13(17)19-4)16(11)14(18)20-5/h6-7,11-12H,8-10H2,1-5H3/b7-6+. The lowest BCUT2D eigenvalue weighted by atomic mass is 9.92. The van der Waals surface area contributed by atoms with Crippen LogP contribution in [0.3, 0.4) is 0 Å². The number of allylic oxidation sites excluding steroid dienone is 1. The molecular weight excluding hydrogens is 258 g/mol. The highest BCUT2D eigenvalue weighted by Crippen LogP contribution is 2.28. The minimum Gasteiger partial charge on any atom is -0.467 e. The molecule has 1 aliphatic rings. The summed E-state index contributed by atoms with van der Waals surface area (Å²) in [6, 6.07) is -0.648. The van der Waals surface area contributed by atoms with Crippen molar-refractivity contribution in [3.05, 3.63) is 12.2 Å². The maximum Gasteiger partial charge on any atom is 0.410 e. The first-order valence-corrected chi connectivity index (χ1v) is 6.91. The molecule has 0 radical (unpaired) electrons. The number of esters is 1. The van der Waals surface area contributed by atoms with E-state index < -0.39 is 12.1 Å². The van der Waals surface area contributed by atoms with Crippen molar-refractivity contribution in [1.82, 2.24) is 4.90 Å². The summed E-state index contributed by atoms with van der Waals surface area (Å²) in [5, 5.41) is 0. The number of carbonyl (C=O) groups excluding carboxylic acids is 2. The molecule has 1 rings (SSSR count). The first-order chi connectivity index (χ1) is 9.30. The smallest absolute Gasteiger partial charge is 0.410 e. The Morgan fingerprint density at radius 2 is 1.85 bits per heavy atom. The van der Waals surface area contributed by atoms with Crippen LogP contribution in [0.2, 0.25) is 0 Å². The van der Waals surface area contributed by atoms with Crippen LogP contribution in [-0.2, 0) is 14.3 Å². The molecule has 0 aliphatic carbocycles. The van der Waals surface area contributed by atoms with Crippen molar-refractivity contribution in [3.63, 3.8) is 0 Å². The first kappa shape index (κ1) is 16.5. The van der Waals surface area contributed by atoms with E-state index >= 15 is 0 Å². The molecule has 0 saturated carbocycles. The molecule has 20 heavy (non-hydrogen) atoms. The lowest BCUT2D eigenvalue weighted by Gasteiger charge is -2.26. The third-order valence-electron chi connectivity index (χ3n) is 3.38. The van der Waals surface area contributed by atoms with Gasteiger partial charge in [0.15, 0.2) is 0 Å². The SMILES string of the molecule is COC(=O)C1CCC(/C=C/CC(C)(C)C)N1C(=O)OC. The summed E-state index contributed by atoms with van der Waals surface area (Å²) in [7, 11) is 2.66. The molecule has 1 amide bonds. The summed E-state index contributed by atoms with van der Waals surface area (Å²) < 4.78 is 9.54. The third kappa shape index (κ3) is 4.25. The van der Waals surface area contributed by atoms with Gasteiger partial charge in [0.05, 0.1) is 20.3 Å². The van der Waals surface area contributed by atoms with Crippen LogP contribution in [0.15, 0.2) is 12.2 Å². The van der Waals surface area contributed by atoms with Gasteiger partial charge in [-0.25, -0.2) is 9.59 Å². The molecule has 0 aromatic carbocycles. The average Bonchev–Trinajstić information content (AvgIpc) is 2.79. The highest BCUT2D eigenvalue weighted by molar-refractivity contribution is 5.82. The summed E-state index contributed by atoms with van der Waals surface area (Å²) >= 11 is 0. The summed E-state index contributed by atoms with van der Waals surface area (Å²) in [5.41, 5.74) is 0.201. The zero-order chi connectivity index (χ0) is 15.3. The Labute approximate surface area is 120 Å². The number of likely N-dealkylation sites (tertiary alicyclic amines) is 1. The lowest BCUT2D eigenvalue weighted by molar-refractivity contribution is -0.145. The molecule has 1 saturated heterocycles. The normalized spacial score (nSPS) is 23.1. The largest absolute Gasteiger partial charge is 0.467 e. The number of nitrogens with zero attached hydrogens (tertiary/aromatic N) is 1. The second-order valence-electron chi connectivity index (χ2n) is 6.25. The van der Waals surface area contributed by atoms with E-state index in [1.165, 1.54) is 19.1 Å². The molecule has 2 atom stereocenters. The van der Waals surface area contributed by atoms with Crippen molar-refractivity contribution in [1.29, 1.82) is 0 Å². The van der Waals surface area contributed by atoms with Crippen LogP contribution in [0.5, 0.6) is 0 Å². The van der Waals surface area contributed by atoms with Crippen molar-refractivity contribution < 1.29 is 19.1 Å².